The van der Waals surface area contributed by atoms with Gasteiger partial charge in [-0.1, -0.05) is 117 Å². The third-order valence-corrected chi connectivity index (χ3v) is 17.0. The smallest absolute Gasteiger partial charge is 0.308 e. The number of nitrogens with zero attached hydrogens (tertiary/aromatic N) is 2. The van der Waals surface area contributed by atoms with Crippen molar-refractivity contribution in [2.45, 2.75) is 201 Å². The van der Waals surface area contributed by atoms with Crippen LogP contribution in [-0.4, -0.2) is 249 Å². The van der Waals surface area contributed by atoms with Gasteiger partial charge in [0.1, 0.15) is 30.5 Å². The van der Waals surface area contributed by atoms with Gasteiger partial charge in [-0.05, 0) is 45.2 Å². The first-order chi connectivity index (χ1) is 41.3. The number of amides is 1. The zero-order valence-corrected chi connectivity index (χ0v) is 50.0. The van der Waals surface area contributed by atoms with Gasteiger partial charge >= 0.3 is 5.97 Å². The van der Waals surface area contributed by atoms with Gasteiger partial charge in [-0.25, -0.2) is 0 Å². The maximum atomic E-state index is 14.8. The number of cyclic esters (lactones) is 1. The van der Waals surface area contributed by atoms with E-state index >= 15 is 0 Å². The number of rotatable bonds is 7. The van der Waals surface area contributed by atoms with Crippen molar-refractivity contribution in [3.05, 3.63) is 115 Å². The van der Waals surface area contributed by atoms with E-state index in [1.54, 1.807) is 97.7 Å². The number of piperazine rings is 1. The van der Waals surface area contributed by atoms with Gasteiger partial charge in [-0.3, -0.25) is 9.59 Å². The molecule has 24 nitrogen and oxygen atoms in total. The maximum Gasteiger partial charge on any atom is 0.308 e. The van der Waals surface area contributed by atoms with Gasteiger partial charge in [0.05, 0.1) is 98.7 Å². The molecule has 1 amide bonds. The summed E-state index contributed by atoms with van der Waals surface area (Å²) in [5.74, 6) is -8.22. The summed E-state index contributed by atoms with van der Waals surface area (Å²) in [4.78, 5) is 31.3. The normalized spacial score (nSPS) is 43.4. The van der Waals surface area contributed by atoms with Gasteiger partial charge in [0.15, 0.2) is 12.1 Å². The summed E-state index contributed by atoms with van der Waals surface area (Å²) in [5.41, 5.74) is 0.958. The lowest BCUT2D eigenvalue weighted by atomic mass is 9.81. The Morgan fingerprint density at radius 3 is 1.87 bits per heavy atom. The Kier molecular flexibility index (Phi) is 27.9. The Morgan fingerprint density at radius 1 is 0.632 bits per heavy atom. The SMILES string of the molecule is C[C@@H]1[C@H](O)[C@@H](C)/C=C/C=C/C=C/C=C/C=C/C=C/C=C/[C@H](OC2O[C@H](C)[C@@H](O)[C@H](NC[C@@]3(O)OC[C@@H](O)[C@@H](O)[C@@H]3O)[C@@H]2O)CC2O[C@](O)(C[C@@H](O)C[C@@H](O)[C@H](O)CC[C@@H](O)C[C@@H](O)CC(=O)O[C@H]1C)C[C@H](O)C2C(=O)N1CCN(c2ccccc2)CC1. The third kappa shape index (κ3) is 21.0. The molecule has 0 saturated carbocycles. The first kappa shape index (κ1) is 71.5. The number of ether oxygens (including phenoxy) is 5. The second-order valence-electron chi connectivity index (χ2n) is 23.9. The second kappa shape index (κ2) is 34.0. The van der Waals surface area contributed by atoms with Crippen LogP contribution in [0.2, 0.25) is 0 Å². The summed E-state index contributed by atoms with van der Waals surface area (Å²) in [5, 5.41) is 158. The number of hydrogen-bond donors (Lipinski definition) is 15. The van der Waals surface area contributed by atoms with Crippen LogP contribution < -0.4 is 10.2 Å². The predicted molar refractivity (Wildman–Crippen MR) is 317 cm³/mol. The Bertz CT molecular complexity index is 2480. The highest BCUT2D eigenvalue weighted by molar-refractivity contribution is 5.80. The molecule has 0 spiro atoms. The number of carbonyl (C=O) groups is 2. The van der Waals surface area contributed by atoms with Crippen molar-refractivity contribution in [1.29, 1.82) is 0 Å². The molecule has 87 heavy (non-hydrogen) atoms. The number of nitrogens with one attached hydrogen (secondary N) is 1. The van der Waals surface area contributed by atoms with Gasteiger partial charge in [0.25, 0.3) is 0 Å². The quantitative estimate of drug-likeness (QED) is 0.152. The Morgan fingerprint density at radius 2 is 1.24 bits per heavy atom. The molecule has 0 aromatic heterocycles. The lowest BCUT2D eigenvalue weighted by Gasteiger charge is -2.48. The number of aliphatic hydroxyl groups excluding tert-OH is 12. The second-order valence-corrected chi connectivity index (χ2v) is 23.9. The minimum atomic E-state index is -2.47. The molecule has 1 aromatic rings. The molecule has 24 heteroatoms. The van der Waals surface area contributed by atoms with E-state index in [1.807, 2.05) is 43.3 Å². The minimum absolute atomic E-state index is 0.130. The van der Waals surface area contributed by atoms with Gasteiger partial charge in [-0.15, -0.1) is 0 Å². The van der Waals surface area contributed by atoms with Crippen LogP contribution in [0.15, 0.2) is 115 Å². The van der Waals surface area contributed by atoms with E-state index in [0.717, 1.165) is 5.69 Å². The largest absolute Gasteiger partial charge is 0.462 e. The maximum absolute atomic E-state index is 14.8. The molecule has 5 aliphatic heterocycles. The van der Waals surface area contributed by atoms with E-state index in [-0.39, 0.29) is 44.7 Å². The zero-order valence-electron chi connectivity index (χ0n) is 50.0. The monoisotopic (exact) mass is 1230 g/mol. The molecule has 2 bridgehead atoms. The van der Waals surface area contributed by atoms with Gasteiger partial charge in [0.2, 0.25) is 11.7 Å². The van der Waals surface area contributed by atoms with Crippen LogP contribution in [0.25, 0.3) is 0 Å². The summed E-state index contributed by atoms with van der Waals surface area (Å²) < 4.78 is 29.8. The zero-order chi connectivity index (χ0) is 63.6. The van der Waals surface area contributed by atoms with Crippen LogP contribution >= 0.6 is 0 Å². The number of hydrogen-bond acceptors (Lipinski definition) is 23. The lowest BCUT2D eigenvalue weighted by molar-refractivity contribution is -0.323. The average Bonchev–Trinajstić information content (AvgIpc) is 1.60. The average molecular weight is 1230 g/mol. The van der Waals surface area contributed by atoms with Gasteiger partial charge < -0.3 is 110 Å². The molecule has 0 aliphatic carbocycles. The highest BCUT2D eigenvalue weighted by atomic mass is 16.7. The summed E-state index contributed by atoms with van der Waals surface area (Å²) >= 11 is 0. The minimum Gasteiger partial charge on any atom is -0.462 e. The van der Waals surface area contributed by atoms with Crippen LogP contribution in [-0.2, 0) is 33.3 Å². The molecule has 3 unspecified atom stereocenters. The van der Waals surface area contributed by atoms with Crippen LogP contribution in [0.1, 0.15) is 79.1 Å². The fourth-order valence-corrected chi connectivity index (χ4v) is 11.5. The molecule has 23 atom stereocenters. The van der Waals surface area contributed by atoms with E-state index in [4.69, 9.17) is 23.7 Å². The molecule has 4 fully saturated rings. The topological polar surface area (TPSA) is 382 Å². The number of benzene rings is 1. The number of anilines is 1. The Balaban J connectivity index is 1.28. The van der Waals surface area contributed by atoms with Crippen molar-refractivity contribution in [2.24, 2.45) is 17.8 Å². The highest BCUT2D eigenvalue weighted by Crippen LogP contribution is 2.39. The number of fused-ring (bicyclic) bond motifs is 2. The predicted octanol–water partition coefficient (Wildman–Crippen LogP) is -0.592. The van der Waals surface area contributed by atoms with Crippen LogP contribution in [0.3, 0.4) is 0 Å². The third-order valence-electron chi connectivity index (χ3n) is 17.0. The molecule has 15 N–H and O–H groups in total. The van der Waals surface area contributed by atoms with Crippen molar-refractivity contribution in [3.63, 3.8) is 0 Å². The number of aliphatic hydroxyl groups is 14. The van der Waals surface area contributed by atoms with E-state index < -0.39 is 184 Å². The van der Waals surface area contributed by atoms with E-state index in [2.05, 4.69) is 10.2 Å². The first-order valence-electron chi connectivity index (χ1n) is 30.2. The number of esters is 1. The van der Waals surface area contributed by atoms with Crippen molar-refractivity contribution < 1.29 is 105 Å². The van der Waals surface area contributed by atoms with Crippen LogP contribution in [0, 0.1) is 17.8 Å². The van der Waals surface area contributed by atoms with E-state index in [1.165, 1.54) is 6.92 Å². The molecule has 488 valence electrons. The van der Waals surface area contributed by atoms with E-state index in [0.29, 0.717) is 13.1 Å². The van der Waals surface area contributed by atoms with Crippen molar-refractivity contribution in [2.75, 3.05) is 44.2 Å². The molecule has 1 aromatic carbocycles. The van der Waals surface area contributed by atoms with Crippen molar-refractivity contribution in [1.82, 2.24) is 10.2 Å². The number of para-hydroxylation sites is 1. The summed E-state index contributed by atoms with van der Waals surface area (Å²) in [6.45, 7) is 6.92. The molecule has 0 radical (unpaired) electrons. The Labute approximate surface area is 508 Å². The lowest BCUT2D eigenvalue weighted by Crippen LogP contribution is -2.69. The fraction of sp³-hybridized carbons (Fsp3) is 0.651. The molecular weight excluding hydrogens is 1130 g/mol. The van der Waals surface area contributed by atoms with Crippen LogP contribution in [0.4, 0.5) is 5.69 Å². The summed E-state index contributed by atoms with van der Waals surface area (Å²) in [7, 11) is 0. The van der Waals surface area contributed by atoms with E-state index in [9.17, 15) is 81.1 Å². The summed E-state index contributed by atoms with van der Waals surface area (Å²) in [6.07, 6.45) is -2.91. The molecule has 4 saturated heterocycles. The molecule has 6 rings (SSSR count). The van der Waals surface area contributed by atoms with Crippen molar-refractivity contribution >= 4 is 17.6 Å². The standard InChI is InChI=1S/C63H95N3O21/c1-38-20-16-13-11-9-7-5-6-8-10-12-14-19-23-46(86-61-58(78)54(56(76)41(4)85-61)64-37-63(82)59(79)57(77)50(73)36-83-63)33-51-53(60(80)66-28-26-65(27-29-66)42-21-17-15-18-22-42)49(72)35-62(81,87-51)34-45(69)31-48(71)47(70)25-24-43(67)30-44(68)32-52(74)84-40(3)39(2)55(38)75/h5-23,38-41,43-51,53-59,61,64,67-73,75-79,81-82H,24-37H2,1-4H3/b6-5+,9-7+,10-8+,13-11+,14-12+,20-16+,23-19+/t38-,39-,40-,41+,43+,44+,45-,46-,47+,48+,49-,50+,51?,53?,54-,55+,56+,57+,58-,59-,61?,62+,63+/m0/s1. The number of carbonyl (C=O) groups excluding carboxylic acids is 2. The summed E-state index contributed by atoms with van der Waals surface area (Å²) in [6, 6.07) is 8.28. The first-order valence-corrected chi connectivity index (χ1v) is 30.2. The van der Waals surface area contributed by atoms with Gasteiger partial charge in [-0.2, -0.15) is 0 Å². The highest BCUT2D eigenvalue weighted by Gasteiger charge is 2.53. The Hall–Kier alpha value is -4.62. The molecule has 5 heterocycles. The molecule has 5 aliphatic rings. The molecular formula is C63H95N3O21. The fourth-order valence-electron chi connectivity index (χ4n) is 11.5. The van der Waals surface area contributed by atoms with Gasteiger partial charge in [0, 0.05) is 69.4 Å². The van der Waals surface area contributed by atoms with Crippen molar-refractivity contribution in [3.8, 4) is 0 Å². The number of allylic oxidation sites excluding steroid dienone is 12. The van der Waals surface area contributed by atoms with Crippen LogP contribution in [0.5, 0.6) is 0 Å².